The lowest BCUT2D eigenvalue weighted by molar-refractivity contribution is -0.132. The number of furan rings is 1. The molecule has 132 valence electrons. The van der Waals surface area contributed by atoms with Gasteiger partial charge in [0.1, 0.15) is 11.5 Å². The number of amides is 1. The number of carbonyl (C=O) groups is 1. The molecule has 4 nitrogen and oxygen atoms in total. The molecule has 0 radical (unpaired) electrons. The summed E-state index contributed by atoms with van der Waals surface area (Å²) in [5.74, 6) is 1.91. The fraction of sp³-hybridized carbons (Fsp3) is 0.273. The molecule has 0 N–H and O–H groups in total. The highest BCUT2D eigenvalue weighted by Gasteiger charge is 2.32. The number of aryl methyl sites for hydroxylation is 1. The van der Waals surface area contributed by atoms with Crippen molar-refractivity contribution in [2.24, 2.45) is 0 Å². The minimum atomic E-state index is 0.196. The first-order valence-electron chi connectivity index (χ1n) is 9.12. The molecular weight excluding hydrogens is 324 g/mol. The van der Waals surface area contributed by atoms with Crippen LogP contribution in [0.1, 0.15) is 30.6 Å². The number of benzene rings is 1. The highest BCUT2D eigenvalue weighted by molar-refractivity contribution is 5.77. The Balaban J connectivity index is 1.37. The minimum absolute atomic E-state index is 0.196. The topological polar surface area (TPSA) is 46.3 Å². The van der Waals surface area contributed by atoms with E-state index in [-0.39, 0.29) is 5.91 Å². The quantitative estimate of drug-likeness (QED) is 0.634. The molecule has 2 aromatic heterocycles. The molecule has 0 aliphatic heterocycles. The molecule has 4 rings (SSSR count). The van der Waals surface area contributed by atoms with Crippen LogP contribution in [0.3, 0.4) is 0 Å². The van der Waals surface area contributed by atoms with E-state index in [2.05, 4.69) is 4.98 Å². The third-order valence-corrected chi connectivity index (χ3v) is 4.72. The van der Waals surface area contributed by atoms with Crippen LogP contribution < -0.4 is 0 Å². The van der Waals surface area contributed by atoms with Crippen LogP contribution >= 0.6 is 0 Å². The Morgan fingerprint density at radius 2 is 1.81 bits per heavy atom. The summed E-state index contributed by atoms with van der Waals surface area (Å²) in [4.78, 5) is 18.8. The fourth-order valence-electron chi connectivity index (χ4n) is 3.14. The van der Waals surface area contributed by atoms with Gasteiger partial charge in [-0.2, -0.15) is 0 Å². The van der Waals surface area contributed by atoms with Crippen LogP contribution in [-0.2, 0) is 17.8 Å². The maximum Gasteiger partial charge on any atom is 0.223 e. The lowest BCUT2D eigenvalue weighted by Crippen LogP contribution is -2.32. The molecule has 0 spiro atoms. The maximum atomic E-state index is 12.7. The van der Waals surface area contributed by atoms with Gasteiger partial charge in [-0.15, -0.1) is 0 Å². The van der Waals surface area contributed by atoms with Gasteiger partial charge in [-0.25, -0.2) is 0 Å². The van der Waals surface area contributed by atoms with Crippen LogP contribution in [0.2, 0.25) is 0 Å². The smallest absolute Gasteiger partial charge is 0.223 e. The summed E-state index contributed by atoms with van der Waals surface area (Å²) in [6.07, 6.45) is 6.87. The average molecular weight is 346 g/mol. The van der Waals surface area contributed by atoms with Gasteiger partial charge in [-0.1, -0.05) is 30.3 Å². The van der Waals surface area contributed by atoms with Crippen LogP contribution in [0.4, 0.5) is 0 Å². The number of hydrogen-bond acceptors (Lipinski definition) is 3. The second kappa shape index (κ2) is 7.56. The largest absolute Gasteiger partial charge is 0.461 e. The fourth-order valence-corrected chi connectivity index (χ4v) is 3.14. The predicted octanol–water partition coefficient (Wildman–Crippen LogP) is 4.47. The standard InChI is InChI=1S/C22H22N2O2/c25-22(24(19-6-7-19)16-17-12-14-23-15-13-17)11-9-20-8-10-21(26-20)18-4-2-1-3-5-18/h1-5,8,10,12-15,19H,6-7,9,11,16H2. The van der Waals surface area contributed by atoms with Crippen molar-refractivity contribution in [1.82, 2.24) is 9.88 Å². The van der Waals surface area contributed by atoms with Gasteiger partial charge in [-0.05, 0) is 42.7 Å². The van der Waals surface area contributed by atoms with Crippen LogP contribution in [0.15, 0.2) is 71.4 Å². The maximum absolute atomic E-state index is 12.7. The number of pyridine rings is 1. The van der Waals surface area contributed by atoms with Crippen LogP contribution in [-0.4, -0.2) is 21.8 Å². The predicted molar refractivity (Wildman–Crippen MR) is 100 cm³/mol. The Bertz CT molecular complexity index is 854. The third-order valence-electron chi connectivity index (χ3n) is 4.72. The molecule has 4 heteroatoms. The van der Waals surface area contributed by atoms with Crippen molar-refractivity contribution < 1.29 is 9.21 Å². The van der Waals surface area contributed by atoms with Crippen molar-refractivity contribution in [3.05, 3.63) is 78.3 Å². The number of nitrogens with zero attached hydrogens (tertiary/aromatic N) is 2. The van der Waals surface area contributed by atoms with Crippen LogP contribution in [0, 0.1) is 0 Å². The molecule has 1 aromatic carbocycles. The molecule has 1 saturated carbocycles. The van der Waals surface area contributed by atoms with Gasteiger partial charge in [-0.3, -0.25) is 9.78 Å². The Morgan fingerprint density at radius 3 is 2.54 bits per heavy atom. The Hall–Kier alpha value is -2.88. The van der Waals surface area contributed by atoms with Gasteiger partial charge in [0.2, 0.25) is 5.91 Å². The SMILES string of the molecule is O=C(CCc1ccc(-c2ccccc2)o1)N(Cc1ccncc1)C1CC1. The van der Waals surface area contributed by atoms with Gasteiger partial charge < -0.3 is 9.32 Å². The molecule has 1 amide bonds. The van der Waals surface area contributed by atoms with E-state index >= 15 is 0 Å². The normalized spacial score (nSPS) is 13.5. The molecule has 0 saturated heterocycles. The second-order valence-electron chi connectivity index (χ2n) is 6.74. The summed E-state index contributed by atoms with van der Waals surface area (Å²) in [6, 6.07) is 18.3. The highest BCUT2D eigenvalue weighted by Crippen LogP contribution is 2.29. The van der Waals surface area contributed by atoms with Crippen molar-refractivity contribution in [1.29, 1.82) is 0 Å². The van der Waals surface area contributed by atoms with Gasteiger partial charge in [0.25, 0.3) is 0 Å². The summed E-state index contributed by atoms with van der Waals surface area (Å²) >= 11 is 0. The summed E-state index contributed by atoms with van der Waals surface area (Å²) < 4.78 is 5.92. The molecule has 0 atom stereocenters. The molecular formula is C22H22N2O2. The van der Waals surface area contributed by atoms with Gasteiger partial charge in [0.15, 0.2) is 0 Å². The van der Waals surface area contributed by atoms with E-state index < -0.39 is 0 Å². The molecule has 1 aliphatic rings. The first kappa shape index (κ1) is 16.6. The summed E-state index contributed by atoms with van der Waals surface area (Å²) in [7, 11) is 0. The Morgan fingerprint density at radius 1 is 1.04 bits per heavy atom. The lowest BCUT2D eigenvalue weighted by atomic mass is 10.2. The van der Waals surface area contributed by atoms with Crippen molar-refractivity contribution in [3.8, 4) is 11.3 Å². The van der Waals surface area contributed by atoms with Gasteiger partial charge >= 0.3 is 0 Å². The van der Waals surface area contributed by atoms with Crippen molar-refractivity contribution >= 4 is 5.91 Å². The first-order valence-corrected chi connectivity index (χ1v) is 9.12. The second-order valence-corrected chi connectivity index (χ2v) is 6.74. The molecule has 0 unspecified atom stereocenters. The molecule has 2 heterocycles. The summed E-state index contributed by atoms with van der Waals surface area (Å²) in [5, 5.41) is 0. The Kier molecular flexibility index (Phi) is 4.82. The van der Waals surface area contributed by atoms with E-state index in [4.69, 9.17) is 4.42 Å². The lowest BCUT2D eigenvalue weighted by Gasteiger charge is -2.22. The van der Waals surface area contributed by atoms with E-state index in [0.717, 1.165) is 35.5 Å². The number of hydrogen-bond donors (Lipinski definition) is 0. The number of rotatable bonds is 7. The monoisotopic (exact) mass is 346 g/mol. The van der Waals surface area contributed by atoms with Gasteiger partial charge in [0, 0.05) is 43.4 Å². The van der Waals surface area contributed by atoms with E-state index in [9.17, 15) is 4.79 Å². The molecule has 3 aromatic rings. The first-order chi connectivity index (χ1) is 12.8. The molecule has 1 fully saturated rings. The zero-order valence-corrected chi connectivity index (χ0v) is 14.7. The third kappa shape index (κ3) is 4.02. The van der Waals surface area contributed by atoms with Crippen LogP contribution in [0.5, 0.6) is 0 Å². The highest BCUT2D eigenvalue weighted by atomic mass is 16.3. The summed E-state index contributed by atoms with van der Waals surface area (Å²) in [6.45, 7) is 0.666. The van der Waals surface area contributed by atoms with Gasteiger partial charge in [0.05, 0.1) is 0 Å². The van der Waals surface area contributed by atoms with E-state index in [0.29, 0.717) is 25.4 Å². The minimum Gasteiger partial charge on any atom is -0.461 e. The van der Waals surface area contributed by atoms with Crippen LogP contribution in [0.25, 0.3) is 11.3 Å². The van der Waals surface area contributed by atoms with E-state index in [1.54, 1.807) is 12.4 Å². The Labute approximate surface area is 153 Å². The molecule has 0 bridgehead atoms. The zero-order valence-electron chi connectivity index (χ0n) is 14.7. The van der Waals surface area contributed by atoms with E-state index in [1.807, 2.05) is 59.5 Å². The molecule has 26 heavy (non-hydrogen) atoms. The average Bonchev–Trinajstić information content (AvgIpc) is 3.42. The van der Waals surface area contributed by atoms with E-state index in [1.165, 1.54) is 0 Å². The zero-order chi connectivity index (χ0) is 17.8. The summed E-state index contributed by atoms with van der Waals surface area (Å²) in [5.41, 5.74) is 2.19. The molecule has 1 aliphatic carbocycles. The van der Waals surface area contributed by atoms with Crippen molar-refractivity contribution in [2.75, 3.05) is 0 Å². The number of aromatic nitrogens is 1. The van der Waals surface area contributed by atoms with Crippen molar-refractivity contribution in [2.45, 2.75) is 38.3 Å². The number of carbonyl (C=O) groups excluding carboxylic acids is 1. The van der Waals surface area contributed by atoms with Crippen molar-refractivity contribution in [3.63, 3.8) is 0 Å².